The molecule has 2 N–H and O–H groups in total. The smallest absolute Gasteiger partial charge is 0.150 e. The van der Waals surface area contributed by atoms with Crippen LogP contribution in [0, 0.1) is 0 Å². The molecule has 0 fully saturated rings. The number of rotatable bonds is 9. The summed E-state index contributed by atoms with van der Waals surface area (Å²) >= 11 is 0. The molecule has 0 aliphatic heterocycles. The lowest BCUT2D eigenvalue weighted by atomic mass is 10.0. The maximum Gasteiger partial charge on any atom is 0.150 e. The van der Waals surface area contributed by atoms with E-state index in [0.717, 1.165) is 45.5 Å². The van der Waals surface area contributed by atoms with Crippen LogP contribution < -0.4 is 15.4 Å². The molecule has 9 rings (SSSR count). The van der Waals surface area contributed by atoms with Gasteiger partial charge >= 0.3 is 0 Å². The molecule has 4 heteroatoms. The van der Waals surface area contributed by atoms with Gasteiger partial charge in [0.25, 0.3) is 0 Å². The summed E-state index contributed by atoms with van der Waals surface area (Å²) in [5.74, 6) is 1.57. The van der Waals surface area contributed by atoms with E-state index in [1.807, 2.05) is 60.7 Å². The van der Waals surface area contributed by atoms with Crippen molar-refractivity contribution in [1.29, 1.82) is 0 Å². The van der Waals surface area contributed by atoms with Crippen molar-refractivity contribution in [3.63, 3.8) is 0 Å². The van der Waals surface area contributed by atoms with Gasteiger partial charge in [0.1, 0.15) is 5.75 Å². The number of anilines is 4. The third-order valence-corrected chi connectivity index (χ3v) is 9.44. The Labute approximate surface area is 303 Å². The highest BCUT2D eigenvalue weighted by atomic mass is 16.5. The van der Waals surface area contributed by atoms with Crippen molar-refractivity contribution >= 4 is 44.6 Å². The number of aromatic nitrogens is 1. The van der Waals surface area contributed by atoms with Gasteiger partial charge in [-0.05, 0) is 101 Å². The molecule has 52 heavy (non-hydrogen) atoms. The van der Waals surface area contributed by atoms with Gasteiger partial charge in [0.2, 0.25) is 0 Å². The lowest BCUT2D eigenvalue weighted by Crippen LogP contribution is -1.97. The predicted molar refractivity (Wildman–Crippen MR) is 218 cm³/mol. The van der Waals surface area contributed by atoms with Gasteiger partial charge in [0.15, 0.2) is 5.75 Å². The molecule has 0 atom stereocenters. The van der Waals surface area contributed by atoms with Crippen molar-refractivity contribution in [1.82, 2.24) is 4.57 Å². The molecule has 0 amide bonds. The summed E-state index contributed by atoms with van der Waals surface area (Å²) in [6, 6.07) is 69.6. The maximum atomic E-state index is 6.19. The van der Waals surface area contributed by atoms with Crippen LogP contribution in [-0.4, -0.2) is 4.57 Å². The first-order valence-electron chi connectivity index (χ1n) is 17.5. The quantitative estimate of drug-likeness (QED) is 0.161. The van der Waals surface area contributed by atoms with Gasteiger partial charge in [-0.2, -0.15) is 0 Å². The third kappa shape index (κ3) is 6.26. The molecule has 0 unspecified atom stereocenters. The van der Waals surface area contributed by atoms with E-state index in [2.05, 4.69) is 155 Å². The highest BCUT2D eigenvalue weighted by Crippen LogP contribution is 2.36. The number of nitrogens with one attached hydrogen (secondary N) is 2. The minimum Gasteiger partial charge on any atom is -0.455 e. The van der Waals surface area contributed by atoms with Crippen molar-refractivity contribution in [2.75, 3.05) is 10.6 Å². The first-order valence-corrected chi connectivity index (χ1v) is 17.5. The Morgan fingerprint density at radius 2 is 0.885 bits per heavy atom. The first-order chi connectivity index (χ1) is 25.7. The molecule has 1 heterocycles. The van der Waals surface area contributed by atoms with Gasteiger partial charge in [-0.15, -0.1) is 0 Å². The standard InChI is InChI=1S/C48H35N3O/c1-3-11-34(12-4-1)35-19-21-36(22-20-35)37-23-25-38(26-24-37)49-40-29-32-44-43-15-7-9-17-46(43)51(47(44)33-40)41-30-27-39(28-31-41)50-45-16-8-10-18-48(45)52-42-13-5-2-6-14-42/h1-33,49-50H. The van der Waals surface area contributed by atoms with Gasteiger partial charge in [-0.25, -0.2) is 0 Å². The second-order valence-electron chi connectivity index (χ2n) is 12.8. The summed E-state index contributed by atoms with van der Waals surface area (Å²) in [5, 5.41) is 9.64. The third-order valence-electron chi connectivity index (χ3n) is 9.44. The van der Waals surface area contributed by atoms with Crippen LogP contribution in [0.25, 0.3) is 49.7 Å². The van der Waals surface area contributed by atoms with Crippen LogP contribution >= 0.6 is 0 Å². The largest absolute Gasteiger partial charge is 0.455 e. The Bertz CT molecular complexity index is 2610. The zero-order valence-corrected chi connectivity index (χ0v) is 28.4. The summed E-state index contributed by atoms with van der Waals surface area (Å²) in [5.41, 5.74) is 12.2. The van der Waals surface area contributed by atoms with Crippen molar-refractivity contribution in [3.8, 4) is 39.4 Å². The van der Waals surface area contributed by atoms with Gasteiger partial charge in [0, 0.05) is 33.5 Å². The van der Waals surface area contributed by atoms with E-state index >= 15 is 0 Å². The summed E-state index contributed by atoms with van der Waals surface area (Å²) in [6.45, 7) is 0. The van der Waals surface area contributed by atoms with E-state index in [-0.39, 0.29) is 0 Å². The molecule has 0 spiro atoms. The summed E-state index contributed by atoms with van der Waals surface area (Å²) in [4.78, 5) is 0. The van der Waals surface area contributed by atoms with Crippen LogP contribution in [0.1, 0.15) is 0 Å². The molecular weight excluding hydrogens is 635 g/mol. The summed E-state index contributed by atoms with van der Waals surface area (Å²) < 4.78 is 8.53. The number of benzene rings is 8. The van der Waals surface area contributed by atoms with E-state index in [4.69, 9.17) is 4.74 Å². The van der Waals surface area contributed by atoms with Crippen LogP contribution in [0.3, 0.4) is 0 Å². The monoisotopic (exact) mass is 669 g/mol. The number of nitrogens with zero attached hydrogens (tertiary/aromatic N) is 1. The van der Waals surface area contributed by atoms with Gasteiger partial charge in [0.05, 0.1) is 16.7 Å². The molecule has 0 aliphatic rings. The second-order valence-corrected chi connectivity index (χ2v) is 12.8. The molecule has 0 aliphatic carbocycles. The fourth-order valence-corrected chi connectivity index (χ4v) is 6.85. The van der Waals surface area contributed by atoms with Crippen molar-refractivity contribution in [2.24, 2.45) is 0 Å². The highest BCUT2D eigenvalue weighted by Gasteiger charge is 2.14. The number of ether oxygens (including phenoxy) is 1. The fraction of sp³-hybridized carbons (Fsp3) is 0. The lowest BCUT2D eigenvalue weighted by Gasteiger charge is -2.14. The molecule has 0 radical (unpaired) electrons. The molecule has 248 valence electrons. The average molecular weight is 670 g/mol. The Hall–Kier alpha value is -7.04. The van der Waals surface area contributed by atoms with Crippen LogP contribution in [0.5, 0.6) is 11.5 Å². The number of fused-ring (bicyclic) bond motifs is 3. The van der Waals surface area contributed by atoms with Crippen molar-refractivity contribution < 1.29 is 4.74 Å². The van der Waals surface area contributed by atoms with Gasteiger partial charge in [-0.3, -0.25) is 0 Å². The number of para-hydroxylation sites is 4. The van der Waals surface area contributed by atoms with E-state index < -0.39 is 0 Å². The van der Waals surface area contributed by atoms with Crippen LogP contribution in [0.2, 0.25) is 0 Å². The van der Waals surface area contributed by atoms with Gasteiger partial charge < -0.3 is 19.9 Å². The Morgan fingerprint density at radius 1 is 0.365 bits per heavy atom. The molecule has 4 nitrogen and oxygen atoms in total. The van der Waals surface area contributed by atoms with Gasteiger partial charge in [-0.1, -0.05) is 121 Å². The summed E-state index contributed by atoms with van der Waals surface area (Å²) in [6.07, 6.45) is 0. The Kier molecular flexibility index (Phi) is 8.16. The Balaban J connectivity index is 0.973. The SMILES string of the molecule is c1ccc(Oc2ccccc2Nc2ccc(-n3c4ccccc4c4ccc(Nc5ccc(-c6ccc(-c7ccccc7)cc6)cc5)cc43)cc2)cc1. The molecule has 1 aromatic heterocycles. The Morgan fingerprint density at radius 3 is 1.62 bits per heavy atom. The normalized spacial score (nSPS) is 11.1. The summed E-state index contributed by atoms with van der Waals surface area (Å²) in [7, 11) is 0. The molecule has 0 bridgehead atoms. The van der Waals surface area contributed by atoms with E-state index in [1.54, 1.807) is 0 Å². The topological polar surface area (TPSA) is 38.2 Å². The molecule has 0 saturated heterocycles. The number of hydrogen-bond acceptors (Lipinski definition) is 3. The van der Waals surface area contributed by atoms with Crippen LogP contribution in [0.15, 0.2) is 200 Å². The number of hydrogen-bond donors (Lipinski definition) is 2. The molecule has 8 aromatic carbocycles. The average Bonchev–Trinajstić information content (AvgIpc) is 3.54. The molecular formula is C48H35N3O. The van der Waals surface area contributed by atoms with Crippen LogP contribution in [-0.2, 0) is 0 Å². The minimum atomic E-state index is 0.771. The predicted octanol–water partition coefficient (Wildman–Crippen LogP) is 13.4. The van der Waals surface area contributed by atoms with Crippen LogP contribution in [0.4, 0.5) is 22.7 Å². The molecule has 9 aromatic rings. The van der Waals surface area contributed by atoms with Crippen molar-refractivity contribution in [2.45, 2.75) is 0 Å². The zero-order valence-electron chi connectivity index (χ0n) is 28.4. The zero-order chi connectivity index (χ0) is 34.7. The van der Waals surface area contributed by atoms with E-state index in [9.17, 15) is 0 Å². The maximum absolute atomic E-state index is 6.19. The first kappa shape index (κ1) is 31.0. The van der Waals surface area contributed by atoms with E-state index in [1.165, 1.54) is 38.5 Å². The lowest BCUT2D eigenvalue weighted by molar-refractivity contribution is 0.485. The second kappa shape index (κ2) is 13.7. The fourth-order valence-electron chi connectivity index (χ4n) is 6.85. The van der Waals surface area contributed by atoms with E-state index in [0.29, 0.717) is 0 Å². The molecule has 0 saturated carbocycles. The minimum absolute atomic E-state index is 0.771. The highest BCUT2D eigenvalue weighted by molar-refractivity contribution is 6.10. The van der Waals surface area contributed by atoms with Crippen molar-refractivity contribution in [3.05, 3.63) is 200 Å².